The summed E-state index contributed by atoms with van der Waals surface area (Å²) >= 11 is 0. The maximum Gasteiger partial charge on any atom is 0.340 e. The van der Waals surface area contributed by atoms with E-state index in [0.29, 0.717) is 30.8 Å². The summed E-state index contributed by atoms with van der Waals surface area (Å²) in [5, 5.41) is 14.9. The van der Waals surface area contributed by atoms with E-state index in [-0.39, 0.29) is 5.57 Å². The summed E-state index contributed by atoms with van der Waals surface area (Å²) in [6.07, 6.45) is 3.70. The van der Waals surface area contributed by atoms with Gasteiger partial charge in [-0.15, -0.1) is 0 Å². The van der Waals surface area contributed by atoms with Crippen LogP contribution in [0.15, 0.2) is 66.4 Å². The molecule has 0 aliphatic heterocycles. The highest BCUT2D eigenvalue weighted by atomic mass is 16.5. The predicted octanol–water partition coefficient (Wildman–Crippen LogP) is 3.82. The molecule has 0 atom stereocenters. The van der Waals surface area contributed by atoms with E-state index in [1.165, 1.54) is 6.20 Å². The third kappa shape index (κ3) is 7.15. The van der Waals surface area contributed by atoms with Crippen LogP contribution >= 0.6 is 0 Å². The van der Waals surface area contributed by atoms with Crippen LogP contribution in [0.3, 0.4) is 0 Å². The van der Waals surface area contributed by atoms with Crippen molar-refractivity contribution in [3.05, 3.63) is 77.5 Å². The van der Waals surface area contributed by atoms with Crippen molar-refractivity contribution in [1.82, 2.24) is 5.32 Å². The van der Waals surface area contributed by atoms with Gasteiger partial charge in [0.25, 0.3) is 5.91 Å². The van der Waals surface area contributed by atoms with Gasteiger partial charge in [-0.1, -0.05) is 55.8 Å². The van der Waals surface area contributed by atoms with Gasteiger partial charge in [-0.3, -0.25) is 4.79 Å². The third-order valence-electron chi connectivity index (χ3n) is 4.16. The molecule has 150 valence electrons. The van der Waals surface area contributed by atoms with Gasteiger partial charge >= 0.3 is 5.97 Å². The van der Waals surface area contributed by atoms with Crippen LogP contribution in [0.2, 0.25) is 0 Å². The molecule has 2 rings (SSSR count). The summed E-state index contributed by atoms with van der Waals surface area (Å²) in [6, 6.07) is 18.5. The van der Waals surface area contributed by atoms with Crippen molar-refractivity contribution in [2.24, 2.45) is 0 Å². The third-order valence-corrected chi connectivity index (χ3v) is 4.16. The molecule has 0 aliphatic carbocycles. The number of para-hydroxylation sites is 1. The molecule has 0 radical (unpaired) electrons. The number of benzene rings is 2. The number of nitriles is 1. The number of unbranched alkanes of at least 4 members (excludes halogenated alkanes) is 1. The molecule has 0 unspecified atom stereocenters. The maximum absolute atomic E-state index is 12.2. The van der Waals surface area contributed by atoms with Gasteiger partial charge in [0.1, 0.15) is 11.6 Å². The molecule has 0 saturated heterocycles. The first kappa shape index (κ1) is 21.7. The summed E-state index contributed by atoms with van der Waals surface area (Å²) in [6.45, 7) is 2.79. The number of amides is 1. The SMILES string of the molecule is CCCCOC(=O)c1ccccc1N/C=C(/C#N)C(=O)NCCc1ccccc1. The molecule has 2 aromatic rings. The molecule has 1 amide bonds. The Hall–Kier alpha value is -3.59. The molecule has 0 bridgehead atoms. The van der Waals surface area contributed by atoms with Crippen LogP contribution < -0.4 is 10.6 Å². The number of nitrogens with one attached hydrogen (secondary N) is 2. The van der Waals surface area contributed by atoms with Gasteiger partial charge in [0, 0.05) is 12.7 Å². The van der Waals surface area contributed by atoms with Crippen LogP contribution in [0.4, 0.5) is 5.69 Å². The molecule has 0 aromatic heterocycles. The number of rotatable bonds is 10. The zero-order chi connectivity index (χ0) is 20.9. The second-order valence-electron chi connectivity index (χ2n) is 6.34. The second-order valence-corrected chi connectivity index (χ2v) is 6.34. The van der Waals surface area contributed by atoms with Gasteiger partial charge in [0.05, 0.1) is 17.9 Å². The van der Waals surface area contributed by atoms with Crippen LogP contribution in [-0.2, 0) is 16.0 Å². The smallest absolute Gasteiger partial charge is 0.340 e. The number of carbonyl (C=O) groups excluding carboxylic acids is 2. The summed E-state index contributed by atoms with van der Waals surface area (Å²) < 4.78 is 5.24. The first-order valence-electron chi connectivity index (χ1n) is 9.60. The summed E-state index contributed by atoms with van der Waals surface area (Å²) in [5.74, 6) is -0.917. The van der Waals surface area contributed by atoms with E-state index in [1.54, 1.807) is 24.3 Å². The highest BCUT2D eigenvalue weighted by Crippen LogP contribution is 2.17. The minimum atomic E-state index is -0.473. The normalized spacial score (nSPS) is 10.7. The summed E-state index contributed by atoms with van der Waals surface area (Å²) in [5.41, 5.74) is 1.84. The van der Waals surface area contributed by atoms with Gasteiger partial charge in [0.2, 0.25) is 0 Å². The first-order chi connectivity index (χ1) is 14.2. The molecule has 2 aromatic carbocycles. The maximum atomic E-state index is 12.2. The number of anilines is 1. The number of ether oxygens (including phenoxy) is 1. The Morgan fingerprint density at radius 2 is 1.83 bits per heavy atom. The fourth-order valence-electron chi connectivity index (χ4n) is 2.53. The van der Waals surface area contributed by atoms with Gasteiger partial charge < -0.3 is 15.4 Å². The van der Waals surface area contributed by atoms with Gasteiger partial charge in [-0.2, -0.15) is 5.26 Å². The van der Waals surface area contributed by atoms with Crippen LogP contribution in [0.1, 0.15) is 35.7 Å². The zero-order valence-corrected chi connectivity index (χ0v) is 16.5. The van der Waals surface area contributed by atoms with E-state index in [9.17, 15) is 14.9 Å². The molecular weight excluding hydrogens is 366 g/mol. The molecule has 0 aliphatic rings. The molecule has 29 heavy (non-hydrogen) atoms. The molecular formula is C23H25N3O3. The van der Waals surface area contributed by atoms with Crippen LogP contribution in [0.25, 0.3) is 0 Å². The van der Waals surface area contributed by atoms with Crippen LogP contribution in [-0.4, -0.2) is 25.0 Å². The average molecular weight is 391 g/mol. The molecule has 0 saturated carbocycles. The second kappa shape index (κ2) is 12.0. The van der Waals surface area contributed by atoms with Crippen molar-refractivity contribution in [3.63, 3.8) is 0 Å². The lowest BCUT2D eigenvalue weighted by Gasteiger charge is -2.10. The number of carbonyl (C=O) groups is 2. The highest BCUT2D eigenvalue weighted by Gasteiger charge is 2.13. The summed E-state index contributed by atoms with van der Waals surface area (Å²) in [7, 11) is 0. The van der Waals surface area contributed by atoms with Crippen molar-refractivity contribution in [2.75, 3.05) is 18.5 Å². The lowest BCUT2D eigenvalue weighted by Crippen LogP contribution is -2.27. The van der Waals surface area contributed by atoms with Crippen LogP contribution in [0, 0.1) is 11.3 Å². The number of hydrogen-bond acceptors (Lipinski definition) is 5. The lowest BCUT2D eigenvalue weighted by molar-refractivity contribution is -0.117. The minimum absolute atomic E-state index is 0.0767. The number of hydrogen-bond donors (Lipinski definition) is 2. The quantitative estimate of drug-likeness (QED) is 0.278. The van der Waals surface area contributed by atoms with Crippen molar-refractivity contribution in [2.45, 2.75) is 26.2 Å². The Morgan fingerprint density at radius 3 is 2.55 bits per heavy atom. The topological polar surface area (TPSA) is 91.2 Å². The standard InChI is InChI=1S/C23H25N3O3/c1-2-3-15-29-23(28)20-11-7-8-12-21(20)26-17-19(16-24)22(27)25-14-13-18-9-5-4-6-10-18/h4-12,17,26H,2-3,13-15H2,1H3,(H,25,27)/b19-17-. The van der Waals surface area contributed by atoms with E-state index in [0.717, 1.165) is 18.4 Å². The largest absolute Gasteiger partial charge is 0.462 e. The van der Waals surface area contributed by atoms with Gasteiger partial charge in [0.15, 0.2) is 0 Å². The molecule has 0 spiro atoms. The number of esters is 1. The Kier molecular flexibility index (Phi) is 8.97. The average Bonchev–Trinajstić information content (AvgIpc) is 2.75. The van der Waals surface area contributed by atoms with Gasteiger partial charge in [-0.25, -0.2) is 4.79 Å². The van der Waals surface area contributed by atoms with E-state index in [2.05, 4.69) is 10.6 Å². The van der Waals surface area contributed by atoms with Crippen molar-refractivity contribution in [3.8, 4) is 6.07 Å². The fraction of sp³-hybridized carbons (Fsp3) is 0.261. The van der Waals surface area contributed by atoms with Crippen molar-refractivity contribution >= 4 is 17.6 Å². The Balaban J connectivity index is 1.96. The molecule has 0 fully saturated rings. The molecule has 2 N–H and O–H groups in total. The van der Waals surface area contributed by atoms with E-state index in [1.807, 2.05) is 43.3 Å². The minimum Gasteiger partial charge on any atom is -0.462 e. The van der Waals surface area contributed by atoms with E-state index in [4.69, 9.17) is 4.74 Å². The van der Waals surface area contributed by atoms with E-state index < -0.39 is 11.9 Å². The van der Waals surface area contributed by atoms with Crippen molar-refractivity contribution < 1.29 is 14.3 Å². The van der Waals surface area contributed by atoms with Crippen LogP contribution in [0.5, 0.6) is 0 Å². The van der Waals surface area contributed by atoms with Gasteiger partial charge in [-0.05, 0) is 30.5 Å². The number of nitrogens with zero attached hydrogens (tertiary/aromatic N) is 1. The zero-order valence-electron chi connectivity index (χ0n) is 16.5. The lowest BCUT2D eigenvalue weighted by atomic mass is 10.1. The summed E-state index contributed by atoms with van der Waals surface area (Å²) in [4.78, 5) is 24.5. The highest BCUT2D eigenvalue weighted by molar-refractivity contribution is 5.98. The van der Waals surface area contributed by atoms with Crippen molar-refractivity contribution in [1.29, 1.82) is 5.26 Å². The molecule has 6 nitrogen and oxygen atoms in total. The Morgan fingerprint density at radius 1 is 1.10 bits per heavy atom. The fourth-order valence-corrected chi connectivity index (χ4v) is 2.53. The molecule has 6 heteroatoms. The predicted molar refractivity (Wildman–Crippen MR) is 112 cm³/mol. The Labute approximate surface area is 171 Å². The molecule has 0 heterocycles. The van der Waals surface area contributed by atoms with E-state index >= 15 is 0 Å². The Bertz CT molecular complexity index is 886. The monoisotopic (exact) mass is 391 g/mol. The first-order valence-corrected chi connectivity index (χ1v) is 9.60.